The van der Waals surface area contributed by atoms with Crippen molar-refractivity contribution in [2.24, 2.45) is 5.73 Å². The van der Waals surface area contributed by atoms with E-state index in [4.69, 9.17) is 10.5 Å². The molecule has 1 atom stereocenters. The molecule has 1 amide bonds. The molecule has 4 heteroatoms. The number of nitrogens with one attached hydrogen (secondary N) is 1. The third kappa shape index (κ3) is 2.73. The van der Waals surface area contributed by atoms with Gasteiger partial charge in [0.1, 0.15) is 0 Å². The van der Waals surface area contributed by atoms with Crippen LogP contribution in [0.5, 0.6) is 0 Å². The summed E-state index contributed by atoms with van der Waals surface area (Å²) in [5.74, 6) is -0.396. The quantitative estimate of drug-likeness (QED) is 0.808. The zero-order valence-corrected chi connectivity index (χ0v) is 9.11. The van der Waals surface area contributed by atoms with Gasteiger partial charge in [-0.3, -0.25) is 4.79 Å². The maximum Gasteiger partial charge on any atom is 0.248 e. The Balaban J connectivity index is 1.96. The highest BCUT2D eigenvalue weighted by molar-refractivity contribution is 5.93. The Hall–Kier alpha value is -1.55. The molecule has 0 radical (unpaired) electrons. The summed E-state index contributed by atoms with van der Waals surface area (Å²) in [4.78, 5) is 10.9. The predicted octanol–water partition coefficient (Wildman–Crippen LogP) is 1.38. The van der Waals surface area contributed by atoms with E-state index < -0.39 is 5.91 Å². The lowest BCUT2D eigenvalue weighted by atomic mass is 10.1. The van der Waals surface area contributed by atoms with Gasteiger partial charge in [0, 0.05) is 23.9 Å². The average Bonchev–Trinajstić information content (AvgIpc) is 2.31. The highest BCUT2D eigenvalue weighted by atomic mass is 16.5. The van der Waals surface area contributed by atoms with Crippen LogP contribution in [0.3, 0.4) is 0 Å². The number of carbonyl (C=O) groups is 1. The molecule has 2 rings (SSSR count). The van der Waals surface area contributed by atoms with Gasteiger partial charge in [-0.1, -0.05) is 0 Å². The fourth-order valence-electron chi connectivity index (χ4n) is 1.82. The Morgan fingerprint density at radius 3 is 2.69 bits per heavy atom. The summed E-state index contributed by atoms with van der Waals surface area (Å²) in [6, 6.07) is 7.57. The van der Waals surface area contributed by atoms with Gasteiger partial charge in [0.2, 0.25) is 5.91 Å². The van der Waals surface area contributed by atoms with E-state index in [0.717, 1.165) is 31.7 Å². The van der Waals surface area contributed by atoms with E-state index in [1.165, 1.54) is 0 Å². The van der Waals surface area contributed by atoms with Gasteiger partial charge in [0.05, 0.1) is 6.61 Å². The first-order valence-corrected chi connectivity index (χ1v) is 5.50. The molecule has 1 aromatic rings. The van der Waals surface area contributed by atoms with Gasteiger partial charge in [0.15, 0.2) is 0 Å². The minimum Gasteiger partial charge on any atom is -0.380 e. The zero-order valence-electron chi connectivity index (χ0n) is 9.11. The third-order valence-electron chi connectivity index (χ3n) is 2.70. The molecular formula is C12H16N2O2. The maximum atomic E-state index is 10.9. The van der Waals surface area contributed by atoms with E-state index in [1.54, 1.807) is 12.1 Å². The highest BCUT2D eigenvalue weighted by Gasteiger charge is 2.13. The lowest BCUT2D eigenvalue weighted by molar-refractivity contribution is 0.0876. The second kappa shape index (κ2) is 4.99. The molecular weight excluding hydrogens is 204 g/mol. The van der Waals surface area contributed by atoms with Gasteiger partial charge in [-0.05, 0) is 37.1 Å². The number of primary amides is 1. The van der Waals surface area contributed by atoms with E-state index in [9.17, 15) is 4.79 Å². The standard InChI is InChI=1S/C12H16N2O2/c13-12(15)9-3-5-10(6-4-9)14-11-2-1-7-16-8-11/h3-6,11,14H,1-2,7-8H2,(H2,13,15). The smallest absolute Gasteiger partial charge is 0.248 e. The van der Waals surface area contributed by atoms with Crippen molar-refractivity contribution in [1.29, 1.82) is 0 Å². The van der Waals surface area contributed by atoms with Crippen LogP contribution in [0.15, 0.2) is 24.3 Å². The first-order chi connectivity index (χ1) is 7.75. The van der Waals surface area contributed by atoms with E-state index in [-0.39, 0.29) is 0 Å². The lowest BCUT2D eigenvalue weighted by Gasteiger charge is -2.24. The molecule has 0 aliphatic carbocycles. The van der Waals surface area contributed by atoms with Crippen LogP contribution in [-0.4, -0.2) is 25.2 Å². The van der Waals surface area contributed by atoms with Gasteiger partial charge in [-0.2, -0.15) is 0 Å². The molecule has 1 aromatic carbocycles. The molecule has 0 saturated carbocycles. The molecule has 4 nitrogen and oxygen atoms in total. The molecule has 1 fully saturated rings. The SMILES string of the molecule is NC(=O)c1ccc(NC2CCCOC2)cc1. The number of amides is 1. The number of benzene rings is 1. The van der Waals surface area contributed by atoms with Crippen LogP contribution in [-0.2, 0) is 4.74 Å². The number of carbonyl (C=O) groups excluding carboxylic acids is 1. The van der Waals surface area contributed by atoms with Gasteiger partial charge in [0.25, 0.3) is 0 Å². The van der Waals surface area contributed by atoms with Gasteiger partial charge in [-0.25, -0.2) is 0 Å². The zero-order chi connectivity index (χ0) is 11.4. The summed E-state index contributed by atoms with van der Waals surface area (Å²) < 4.78 is 5.38. The minimum absolute atomic E-state index is 0.369. The van der Waals surface area contributed by atoms with Crippen molar-refractivity contribution >= 4 is 11.6 Å². The maximum absolute atomic E-state index is 10.9. The molecule has 16 heavy (non-hydrogen) atoms. The normalized spacial score (nSPS) is 20.4. The van der Waals surface area contributed by atoms with Crippen LogP contribution < -0.4 is 11.1 Å². The topological polar surface area (TPSA) is 64.4 Å². The number of rotatable bonds is 3. The summed E-state index contributed by atoms with van der Waals surface area (Å²) >= 11 is 0. The van der Waals surface area contributed by atoms with E-state index in [0.29, 0.717) is 11.6 Å². The first-order valence-electron chi connectivity index (χ1n) is 5.50. The third-order valence-corrected chi connectivity index (χ3v) is 2.70. The van der Waals surface area contributed by atoms with Crippen molar-refractivity contribution in [3.8, 4) is 0 Å². The number of nitrogens with two attached hydrogens (primary N) is 1. The van der Waals surface area contributed by atoms with Crippen molar-refractivity contribution in [1.82, 2.24) is 0 Å². The lowest BCUT2D eigenvalue weighted by Crippen LogP contribution is -2.29. The largest absolute Gasteiger partial charge is 0.380 e. The van der Waals surface area contributed by atoms with Crippen molar-refractivity contribution in [2.75, 3.05) is 18.5 Å². The first kappa shape index (κ1) is 11.0. The number of ether oxygens (including phenoxy) is 1. The summed E-state index contributed by atoms with van der Waals surface area (Å²) in [6.07, 6.45) is 2.22. The van der Waals surface area contributed by atoms with Crippen molar-refractivity contribution in [3.05, 3.63) is 29.8 Å². The molecule has 1 saturated heterocycles. The fourth-order valence-corrected chi connectivity index (χ4v) is 1.82. The van der Waals surface area contributed by atoms with Crippen molar-refractivity contribution in [3.63, 3.8) is 0 Å². The molecule has 0 aromatic heterocycles. The minimum atomic E-state index is -0.396. The molecule has 3 N–H and O–H groups in total. The van der Waals surface area contributed by atoms with Crippen LogP contribution in [0.25, 0.3) is 0 Å². The average molecular weight is 220 g/mol. The van der Waals surface area contributed by atoms with Crippen LogP contribution in [0, 0.1) is 0 Å². The Morgan fingerprint density at radius 2 is 2.12 bits per heavy atom. The summed E-state index contributed by atoms with van der Waals surface area (Å²) in [7, 11) is 0. The number of hydrogen-bond donors (Lipinski definition) is 2. The van der Waals surface area contributed by atoms with Gasteiger partial charge in [-0.15, -0.1) is 0 Å². The summed E-state index contributed by atoms with van der Waals surface area (Å²) in [5.41, 5.74) is 6.70. The Labute approximate surface area is 94.8 Å². The molecule has 0 spiro atoms. The van der Waals surface area contributed by atoms with Crippen molar-refractivity contribution in [2.45, 2.75) is 18.9 Å². The summed E-state index contributed by atoms with van der Waals surface area (Å²) in [6.45, 7) is 1.61. The predicted molar refractivity (Wildman–Crippen MR) is 62.4 cm³/mol. The van der Waals surface area contributed by atoms with E-state index in [2.05, 4.69) is 5.32 Å². The number of anilines is 1. The Bertz CT molecular complexity index is 356. The van der Waals surface area contributed by atoms with Crippen molar-refractivity contribution < 1.29 is 9.53 Å². The number of hydrogen-bond acceptors (Lipinski definition) is 3. The second-order valence-corrected chi connectivity index (χ2v) is 4.00. The molecule has 1 heterocycles. The van der Waals surface area contributed by atoms with Crippen LogP contribution in [0.2, 0.25) is 0 Å². The second-order valence-electron chi connectivity index (χ2n) is 4.00. The molecule has 1 aliphatic rings. The van der Waals surface area contributed by atoms with Gasteiger partial charge >= 0.3 is 0 Å². The Morgan fingerprint density at radius 1 is 1.38 bits per heavy atom. The van der Waals surface area contributed by atoms with E-state index in [1.807, 2.05) is 12.1 Å². The fraction of sp³-hybridized carbons (Fsp3) is 0.417. The van der Waals surface area contributed by atoms with Gasteiger partial charge < -0.3 is 15.8 Å². The monoisotopic (exact) mass is 220 g/mol. The van der Waals surface area contributed by atoms with Crippen LogP contribution in [0.1, 0.15) is 23.2 Å². The van der Waals surface area contributed by atoms with Crippen LogP contribution in [0.4, 0.5) is 5.69 Å². The molecule has 86 valence electrons. The molecule has 1 unspecified atom stereocenters. The van der Waals surface area contributed by atoms with E-state index >= 15 is 0 Å². The molecule has 1 aliphatic heterocycles. The van der Waals surface area contributed by atoms with Crippen LogP contribution >= 0.6 is 0 Å². The molecule has 0 bridgehead atoms. The Kier molecular flexibility index (Phi) is 3.41. The summed E-state index contributed by atoms with van der Waals surface area (Å²) in [5, 5.41) is 3.37. The highest BCUT2D eigenvalue weighted by Crippen LogP contribution is 2.15.